The molecule has 7 heteroatoms. The molecule has 0 saturated heterocycles. The van der Waals surface area contributed by atoms with Gasteiger partial charge in [0.2, 0.25) is 0 Å². The second-order valence-corrected chi connectivity index (χ2v) is 7.41. The van der Waals surface area contributed by atoms with Crippen LogP contribution in [-0.2, 0) is 5.75 Å². The van der Waals surface area contributed by atoms with Crippen LogP contribution in [0.3, 0.4) is 0 Å². The van der Waals surface area contributed by atoms with Crippen molar-refractivity contribution in [1.29, 1.82) is 0 Å². The molecule has 0 bridgehead atoms. The predicted octanol–water partition coefficient (Wildman–Crippen LogP) is 4.17. The van der Waals surface area contributed by atoms with Crippen LogP contribution in [0.25, 0.3) is 5.69 Å². The standard InChI is InChI=1S/C23H18N4O2S/c28-22-13-12-20(26-27(22)19-9-2-1-3-10-19)23(29)25-18-8-6-7-17(15-18)16-30-21-11-4-5-14-24-21/h1-15H,16H2,(H,25,29). The van der Waals surface area contributed by atoms with Crippen molar-refractivity contribution in [3.05, 3.63) is 113 Å². The fraction of sp³-hybridized carbons (Fsp3) is 0.0435. The second kappa shape index (κ2) is 9.19. The van der Waals surface area contributed by atoms with E-state index in [9.17, 15) is 9.59 Å². The number of amides is 1. The summed E-state index contributed by atoms with van der Waals surface area (Å²) in [5.41, 5.74) is 2.19. The van der Waals surface area contributed by atoms with Crippen LogP contribution in [0.15, 0.2) is 101 Å². The van der Waals surface area contributed by atoms with E-state index in [-0.39, 0.29) is 17.2 Å². The Kier molecular flexibility index (Phi) is 6.01. The van der Waals surface area contributed by atoms with E-state index < -0.39 is 0 Å². The maximum Gasteiger partial charge on any atom is 0.276 e. The number of carbonyl (C=O) groups is 1. The number of thioether (sulfide) groups is 1. The first kappa shape index (κ1) is 19.6. The van der Waals surface area contributed by atoms with Gasteiger partial charge in [-0.25, -0.2) is 4.98 Å². The zero-order chi connectivity index (χ0) is 20.8. The number of hydrogen-bond acceptors (Lipinski definition) is 5. The number of benzene rings is 2. The predicted molar refractivity (Wildman–Crippen MR) is 118 cm³/mol. The Bertz CT molecular complexity index is 1210. The van der Waals surface area contributed by atoms with Crippen molar-refractivity contribution in [3.8, 4) is 5.69 Å². The lowest BCUT2D eigenvalue weighted by molar-refractivity contribution is 0.102. The van der Waals surface area contributed by atoms with E-state index in [1.165, 1.54) is 16.8 Å². The van der Waals surface area contributed by atoms with Crippen LogP contribution < -0.4 is 10.9 Å². The molecule has 148 valence electrons. The number of para-hydroxylation sites is 1. The van der Waals surface area contributed by atoms with E-state index in [1.54, 1.807) is 30.1 Å². The molecule has 0 aliphatic heterocycles. The number of anilines is 1. The van der Waals surface area contributed by atoms with Gasteiger partial charge in [0.25, 0.3) is 11.5 Å². The first-order valence-electron chi connectivity index (χ1n) is 9.29. The lowest BCUT2D eigenvalue weighted by Gasteiger charge is -2.09. The average molecular weight is 414 g/mol. The Morgan fingerprint density at radius 2 is 1.77 bits per heavy atom. The largest absolute Gasteiger partial charge is 0.321 e. The van der Waals surface area contributed by atoms with Crippen LogP contribution in [0.4, 0.5) is 5.69 Å². The molecule has 6 nitrogen and oxygen atoms in total. The number of hydrogen-bond donors (Lipinski definition) is 1. The van der Waals surface area contributed by atoms with Gasteiger partial charge >= 0.3 is 0 Å². The van der Waals surface area contributed by atoms with Gasteiger partial charge in [0.15, 0.2) is 0 Å². The fourth-order valence-electron chi connectivity index (χ4n) is 2.81. The Labute approximate surface area is 177 Å². The van der Waals surface area contributed by atoms with Crippen molar-refractivity contribution in [2.24, 2.45) is 0 Å². The SMILES string of the molecule is O=C(Nc1cccc(CSc2ccccn2)c1)c1ccc(=O)n(-c2ccccc2)n1. The summed E-state index contributed by atoms with van der Waals surface area (Å²) in [6.45, 7) is 0. The maximum absolute atomic E-state index is 12.7. The molecule has 2 aromatic heterocycles. The van der Waals surface area contributed by atoms with Crippen LogP contribution in [0.5, 0.6) is 0 Å². The number of rotatable bonds is 6. The summed E-state index contributed by atoms with van der Waals surface area (Å²) in [6, 6.07) is 25.2. The van der Waals surface area contributed by atoms with Crippen LogP contribution in [-0.4, -0.2) is 20.7 Å². The Morgan fingerprint density at radius 1 is 0.933 bits per heavy atom. The van der Waals surface area contributed by atoms with Gasteiger partial charge in [-0.2, -0.15) is 9.78 Å². The molecule has 0 radical (unpaired) electrons. The number of nitrogens with zero attached hydrogens (tertiary/aromatic N) is 3. The Morgan fingerprint density at radius 3 is 2.57 bits per heavy atom. The molecule has 1 amide bonds. The lowest BCUT2D eigenvalue weighted by Crippen LogP contribution is -2.24. The molecule has 0 unspecified atom stereocenters. The molecule has 30 heavy (non-hydrogen) atoms. The topological polar surface area (TPSA) is 76.9 Å². The third-order valence-electron chi connectivity index (χ3n) is 4.24. The number of carbonyl (C=O) groups excluding carboxylic acids is 1. The molecule has 0 atom stereocenters. The summed E-state index contributed by atoms with van der Waals surface area (Å²) in [5, 5.41) is 8.01. The number of aromatic nitrogens is 3. The minimum Gasteiger partial charge on any atom is -0.321 e. The molecule has 4 aromatic rings. The summed E-state index contributed by atoms with van der Waals surface area (Å²) in [7, 11) is 0. The van der Waals surface area contributed by atoms with E-state index in [1.807, 2.05) is 60.7 Å². The lowest BCUT2D eigenvalue weighted by atomic mass is 10.2. The quantitative estimate of drug-likeness (QED) is 0.479. The van der Waals surface area contributed by atoms with Gasteiger partial charge in [0.05, 0.1) is 10.7 Å². The van der Waals surface area contributed by atoms with Gasteiger partial charge in [-0.05, 0) is 48.0 Å². The second-order valence-electron chi connectivity index (χ2n) is 6.42. The first-order valence-corrected chi connectivity index (χ1v) is 10.3. The molecule has 0 aliphatic carbocycles. The third-order valence-corrected chi connectivity index (χ3v) is 5.26. The number of pyridine rings is 1. The molecule has 0 saturated carbocycles. The smallest absolute Gasteiger partial charge is 0.276 e. The van der Waals surface area contributed by atoms with E-state index in [0.29, 0.717) is 11.4 Å². The monoisotopic (exact) mass is 414 g/mol. The van der Waals surface area contributed by atoms with Gasteiger partial charge < -0.3 is 5.32 Å². The summed E-state index contributed by atoms with van der Waals surface area (Å²) in [6.07, 6.45) is 1.76. The molecule has 2 heterocycles. The molecule has 2 aromatic carbocycles. The van der Waals surface area contributed by atoms with E-state index >= 15 is 0 Å². The minimum atomic E-state index is -0.380. The highest BCUT2D eigenvalue weighted by atomic mass is 32.2. The minimum absolute atomic E-state index is 0.159. The van der Waals surface area contributed by atoms with Crippen molar-refractivity contribution in [3.63, 3.8) is 0 Å². The van der Waals surface area contributed by atoms with E-state index in [4.69, 9.17) is 0 Å². The highest BCUT2D eigenvalue weighted by Crippen LogP contribution is 2.22. The molecule has 4 rings (SSSR count). The van der Waals surface area contributed by atoms with Gasteiger partial charge in [0.1, 0.15) is 5.69 Å². The van der Waals surface area contributed by atoms with Crippen molar-refractivity contribution in [2.75, 3.05) is 5.32 Å². The van der Waals surface area contributed by atoms with E-state index in [0.717, 1.165) is 16.3 Å². The summed E-state index contributed by atoms with van der Waals surface area (Å²) >= 11 is 1.62. The Balaban J connectivity index is 1.48. The van der Waals surface area contributed by atoms with Crippen molar-refractivity contribution < 1.29 is 4.79 Å². The summed E-state index contributed by atoms with van der Waals surface area (Å²) in [4.78, 5) is 29.1. The normalized spacial score (nSPS) is 10.5. The molecular weight excluding hydrogens is 396 g/mol. The zero-order valence-electron chi connectivity index (χ0n) is 15.9. The zero-order valence-corrected chi connectivity index (χ0v) is 16.8. The van der Waals surface area contributed by atoms with Crippen LogP contribution in [0, 0.1) is 0 Å². The fourth-order valence-corrected chi connectivity index (χ4v) is 3.61. The van der Waals surface area contributed by atoms with E-state index in [2.05, 4.69) is 15.4 Å². The molecule has 1 N–H and O–H groups in total. The molecule has 0 fully saturated rings. The van der Waals surface area contributed by atoms with Crippen LogP contribution in [0.2, 0.25) is 0 Å². The number of nitrogens with one attached hydrogen (secondary N) is 1. The summed E-state index contributed by atoms with van der Waals surface area (Å²) in [5.74, 6) is 0.354. The summed E-state index contributed by atoms with van der Waals surface area (Å²) < 4.78 is 1.22. The van der Waals surface area contributed by atoms with Crippen LogP contribution in [0.1, 0.15) is 16.1 Å². The van der Waals surface area contributed by atoms with Crippen molar-refractivity contribution >= 4 is 23.4 Å². The average Bonchev–Trinajstić information content (AvgIpc) is 2.79. The maximum atomic E-state index is 12.7. The van der Waals surface area contributed by atoms with Gasteiger partial charge in [-0.1, -0.05) is 36.4 Å². The van der Waals surface area contributed by atoms with Crippen LogP contribution >= 0.6 is 11.8 Å². The Hall–Kier alpha value is -3.71. The molecule has 0 spiro atoms. The van der Waals surface area contributed by atoms with Gasteiger partial charge in [-0.3, -0.25) is 9.59 Å². The van der Waals surface area contributed by atoms with Gasteiger partial charge in [-0.15, -0.1) is 11.8 Å². The van der Waals surface area contributed by atoms with Gasteiger partial charge in [0, 0.05) is 23.7 Å². The highest BCUT2D eigenvalue weighted by molar-refractivity contribution is 7.98. The highest BCUT2D eigenvalue weighted by Gasteiger charge is 2.11. The molecular formula is C23H18N4O2S. The first-order chi connectivity index (χ1) is 14.7. The molecule has 0 aliphatic rings. The third kappa shape index (κ3) is 4.82. The van der Waals surface area contributed by atoms with Crippen molar-refractivity contribution in [1.82, 2.24) is 14.8 Å². The van der Waals surface area contributed by atoms with Crippen molar-refractivity contribution in [2.45, 2.75) is 10.8 Å².